The molecule has 0 N–H and O–H groups in total. The summed E-state index contributed by atoms with van der Waals surface area (Å²) >= 11 is 0. The van der Waals surface area contributed by atoms with Crippen molar-refractivity contribution in [2.45, 2.75) is 26.0 Å². The van der Waals surface area contributed by atoms with E-state index in [4.69, 9.17) is 14.2 Å². The minimum Gasteiger partial charge on any atom is -0.492 e. The minimum absolute atomic E-state index is 0.511. The molecule has 0 amide bonds. The number of morpholine rings is 1. The van der Waals surface area contributed by atoms with Gasteiger partial charge in [-0.1, -0.05) is 0 Å². The number of aromatic nitrogens is 2. The summed E-state index contributed by atoms with van der Waals surface area (Å²) in [5, 5.41) is 4.56. The number of benzene rings is 1. The smallest absolute Gasteiger partial charge is 0.132 e. The van der Waals surface area contributed by atoms with E-state index in [1.807, 2.05) is 24.3 Å². The third kappa shape index (κ3) is 4.32. The number of rotatable bonds is 7. The van der Waals surface area contributed by atoms with E-state index in [0.29, 0.717) is 13.2 Å². The van der Waals surface area contributed by atoms with Crippen LogP contribution in [0.1, 0.15) is 17.8 Å². The predicted molar refractivity (Wildman–Crippen MR) is 94.1 cm³/mol. The molecule has 1 saturated heterocycles. The molecule has 1 fully saturated rings. The second-order valence-corrected chi connectivity index (χ2v) is 6.52. The van der Waals surface area contributed by atoms with Crippen molar-refractivity contribution in [2.75, 3.05) is 39.5 Å². The summed E-state index contributed by atoms with van der Waals surface area (Å²) in [5.74, 6) is 1.72. The molecule has 0 atom stereocenters. The van der Waals surface area contributed by atoms with E-state index in [-0.39, 0.29) is 0 Å². The van der Waals surface area contributed by atoms with Crippen molar-refractivity contribution in [3.63, 3.8) is 0 Å². The second-order valence-electron chi connectivity index (χ2n) is 6.52. The highest BCUT2D eigenvalue weighted by atomic mass is 16.5. The van der Waals surface area contributed by atoms with Crippen LogP contribution in [0.3, 0.4) is 0 Å². The van der Waals surface area contributed by atoms with Crippen LogP contribution >= 0.6 is 0 Å². The number of hydrogen-bond acceptors (Lipinski definition) is 5. The molecule has 4 rings (SSSR count). The van der Waals surface area contributed by atoms with E-state index in [1.165, 1.54) is 12.1 Å². The van der Waals surface area contributed by atoms with Gasteiger partial charge in [-0.25, -0.2) is 0 Å². The molecule has 3 heterocycles. The van der Waals surface area contributed by atoms with Crippen molar-refractivity contribution in [3.8, 4) is 11.5 Å². The first-order valence-corrected chi connectivity index (χ1v) is 9.08. The molecular formula is C19H25N3O3. The molecule has 0 unspecified atom stereocenters. The first-order chi connectivity index (χ1) is 12.4. The second kappa shape index (κ2) is 7.89. The fraction of sp³-hybridized carbons (Fsp3) is 0.526. The molecule has 6 nitrogen and oxygen atoms in total. The monoisotopic (exact) mass is 343 g/mol. The normalized spacial score (nSPS) is 17.4. The molecule has 1 aromatic carbocycles. The lowest BCUT2D eigenvalue weighted by molar-refractivity contribution is 0.0322. The van der Waals surface area contributed by atoms with Crippen molar-refractivity contribution >= 4 is 0 Å². The van der Waals surface area contributed by atoms with Crippen LogP contribution in [0.15, 0.2) is 30.3 Å². The van der Waals surface area contributed by atoms with Crippen LogP contribution in [0.4, 0.5) is 0 Å². The standard InChI is InChI=1S/C19H25N3O3/c1-2-17-14-16(20-22(17)7-1)15-25-19-5-3-18(4-6-19)24-13-10-21-8-11-23-12-9-21/h3-6,14H,1-2,7-13,15H2. The van der Waals surface area contributed by atoms with Crippen molar-refractivity contribution in [1.82, 2.24) is 14.7 Å². The van der Waals surface area contributed by atoms with Crippen LogP contribution in [-0.2, 0) is 24.3 Å². The van der Waals surface area contributed by atoms with Gasteiger partial charge in [-0.05, 0) is 43.2 Å². The molecule has 2 aromatic rings. The highest BCUT2D eigenvalue weighted by molar-refractivity contribution is 5.31. The molecule has 0 bridgehead atoms. The molecule has 0 spiro atoms. The summed E-state index contributed by atoms with van der Waals surface area (Å²) in [7, 11) is 0. The Morgan fingerprint density at radius 3 is 2.52 bits per heavy atom. The van der Waals surface area contributed by atoms with E-state index in [2.05, 4.69) is 20.7 Å². The quantitative estimate of drug-likeness (QED) is 0.771. The van der Waals surface area contributed by atoms with Gasteiger partial charge < -0.3 is 14.2 Å². The van der Waals surface area contributed by atoms with Gasteiger partial charge in [0.25, 0.3) is 0 Å². The molecule has 0 saturated carbocycles. The lowest BCUT2D eigenvalue weighted by Gasteiger charge is -2.26. The van der Waals surface area contributed by atoms with Crippen LogP contribution in [0.25, 0.3) is 0 Å². The van der Waals surface area contributed by atoms with Gasteiger partial charge in [0.2, 0.25) is 0 Å². The number of nitrogens with zero attached hydrogens (tertiary/aromatic N) is 3. The Hall–Kier alpha value is -2.05. The average Bonchev–Trinajstić information content (AvgIpc) is 3.24. The Balaban J connectivity index is 1.21. The van der Waals surface area contributed by atoms with Gasteiger partial charge in [0, 0.05) is 31.9 Å². The van der Waals surface area contributed by atoms with Crippen molar-refractivity contribution in [2.24, 2.45) is 0 Å². The third-order valence-electron chi connectivity index (χ3n) is 4.71. The molecule has 2 aliphatic heterocycles. The zero-order chi connectivity index (χ0) is 16.9. The van der Waals surface area contributed by atoms with E-state index in [9.17, 15) is 0 Å². The zero-order valence-corrected chi connectivity index (χ0v) is 14.5. The van der Waals surface area contributed by atoms with E-state index < -0.39 is 0 Å². The van der Waals surface area contributed by atoms with Gasteiger partial charge in [0.1, 0.15) is 30.4 Å². The van der Waals surface area contributed by atoms with Gasteiger partial charge in [0.05, 0.1) is 13.2 Å². The number of fused-ring (bicyclic) bond motifs is 1. The van der Waals surface area contributed by atoms with Gasteiger partial charge in [0.15, 0.2) is 0 Å². The highest BCUT2D eigenvalue weighted by Gasteiger charge is 2.13. The minimum atomic E-state index is 0.511. The van der Waals surface area contributed by atoms with E-state index in [1.54, 1.807) is 0 Å². The lowest BCUT2D eigenvalue weighted by atomic mass is 10.3. The van der Waals surface area contributed by atoms with Crippen LogP contribution in [0, 0.1) is 0 Å². The molecule has 0 aliphatic carbocycles. The van der Waals surface area contributed by atoms with Crippen LogP contribution in [-0.4, -0.2) is 54.1 Å². The maximum absolute atomic E-state index is 5.83. The summed E-state index contributed by atoms with van der Waals surface area (Å²) in [4.78, 5) is 2.36. The van der Waals surface area contributed by atoms with Crippen LogP contribution in [0.2, 0.25) is 0 Å². The third-order valence-corrected chi connectivity index (χ3v) is 4.71. The Morgan fingerprint density at radius 2 is 1.76 bits per heavy atom. The molecule has 0 radical (unpaired) electrons. The Kier molecular flexibility index (Phi) is 5.18. The Morgan fingerprint density at radius 1 is 1.00 bits per heavy atom. The largest absolute Gasteiger partial charge is 0.492 e. The van der Waals surface area contributed by atoms with Gasteiger partial charge in [-0.3, -0.25) is 9.58 Å². The van der Waals surface area contributed by atoms with Crippen molar-refractivity contribution in [1.29, 1.82) is 0 Å². The zero-order valence-electron chi connectivity index (χ0n) is 14.5. The first kappa shape index (κ1) is 16.4. The molecule has 2 aliphatic rings. The van der Waals surface area contributed by atoms with Gasteiger partial charge in [-0.2, -0.15) is 5.10 Å². The average molecular weight is 343 g/mol. The summed E-state index contributed by atoms with van der Waals surface area (Å²) in [6.45, 7) is 6.81. The Bertz CT molecular complexity index is 656. The fourth-order valence-electron chi connectivity index (χ4n) is 3.30. The molecule has 25 heavy (non-hydrogen) atoms. The highest BCUT2D eigenvalue weighted by Crippen LogP contribution is 2.20. The number of aryl methyl sites for hydroxylation is 2. The van der Waals surface area contributed by atoms with E-state index >= 15 is 0 Å². The van der Waals surface area contributed by atoms with Gasteiger partial charge in [-0.15, -0.1) is 0 Å². The van der Waals surface area contributed by atoms with Crippen LogP contribution < -0.4 is 9.47 Å². The maximum atomic E-state index is 5.83. The summed E-state index contributed by atoms with van der Waals surface area (Å²) in [6.07, 6.45) is 2.33. The number of ether oxygens (including phenoxy) is 3. The Labute approximate surface area is 148 Å². The molecule has 134 valence electrons. The van der Waals surface area contributed by atoms with Crippen molar-refractivity contribution < 1.29 is 14.2 Å². The van der Waals surface area contributed by atoms with Crippen molar-refractivity contribution in [3.05, 3.63) is 41.7 Å². The van der Waals surface area contributed by atoms with Crippen LogP contribution in [0.5, 0.6) is 11.5 Å². The first-order valence-electron chi connectivity index (χ1n) is 9.08. The van der Waals surface area contributed by atoms with Gasteiger partial charge >= 0.3 is 0 Å². The summed E-state index contributed by atoms with van der Waals surface area (Å²) < 4.78 is 19.1. The molecular weight excluding hydrogens is 318 g/mol. The number of hydrogen-bond donors (Lipinski definition) is 0. The molecule has 6 heteroatoms. The predicted octanol–water partition coefficient (Wildman–Crippen LogP) is 2.12. The lowest BCUT2D eigenvalue weighted by Crippen LogP contribution is -2.38. The topological polar surface area (TPSA) is 48.8 Å². The SMILES string of the molecule is c1cc(OCc2cc3n(n2)CCC3)ccc1OCCN1CCOCC1. The summed E-state index contributed by atoms with van der Waals surface area (Å²) in [5.41, 5.74) is 2.32. The molecule has 1 aromatic heterocycles. The maximum Gasteiger partial charge on any atom is 0.132 e. The summed E-state index contributed by atoms with van der Waals surface area (Å²) in [6, 6.07) is 9.97. The fourth-order valence-corrected chi connectivity index (χ4v) is 3.30. The van der Waals surface area contributed by atoms with E-state index in [0.717, 1.165) is 63.0 Å².